The van der Waals surface area contributed by atoms with Crippen molar-refractivity contribution < 1.29 is 28.6 Å². The van der Waals surface area contributed by atoms with Crippen molar-refractivity contribution in [2.24, 2.45) is 0 Å². The summed E-state index contributed by atoms with van der Waals surface area (Å²) in [5, 5.41) is 0. The van der Waals surface area contributed by atoms with Crippen LogP contribution < -0.4 is 0 Å². The summed E-state index contributed by atoms with van der Waals surface area (Å²) in [5.74, 6) is -0.896. The number of hydrogen-bond donors (Lipinski definition) is 0. The van der Waals surface area contributed by atoms with E-state index in [4.69, 9.17) is 14.2 Å². The molecule has 0 aromatic heterocycles. The van der Waals surface area contributed by atoms with Gasteiger partial charge in [0.05, 0.1) is 0 Å². The Balaban J connectivity index is 4.04. The topological polar surface area (TPSA) is 78.9 Å². The van der Waals surface area contributed by atoms with Gasteiger partial charge in [-0.2, -0.15) is 0 Å². The molecule has 0 aromatic carbocycles. The molecule has 0 saturated carbocycles. The number of hydrogen-bond acceptors (Lipinski definition) is 6. The molecule has 0 rings (SSSR count). The Bertz CT molecular complexity index is 1420. The van der Waals surface area contributed by atoms with Crippen LogP contribution >= 0.6 is 0 Å². The van der Waals surface area contributed by atoms with E-state index in [-0.39, 0.29) is 31.1 Å². The lowest BCUT2D eigenvalue weighted by molar-refractivity contribution is -0.167. The molecule has 1 unspecified atom stereocenters. The Hall–Kier alpha value is -3.41. The van der Waals surface area contributed by atoms with E-state index in [0.29, 0.717) is 19.3 Å². The molecule has 0 N–H and O–H groups in total. The predicted octanol–water partition coefficient (Wildman–Crippen LogP) is 21.5. The molecule has 1 atom stereocenters. The highest BCUT2D eigenvalue weighted by Gasteiger charge is 2.19. The van der Waals surface area contributed by atoms with Crippen LogP contribution in [-0.4, -0.2) is 37.2 Å². The van der Waals surface area contributed by atoms with Crippen LogP contribution in [0.3, 0.4) is 0 Å². The second-order valence-electron chi connectivity index (χ2n) is 20.9. The lowest BCUT2D eigenvalue weighted by atomic mass is 10.0. The molecule has 0 aliphatic rings. The molecule has 6 nitrogen and oxygen atoms in total. The van der Waals surface area contributed by atoms with E-state index in [1.807, 2.05) is 0 Å². The number of allylic oxidation sites excluding steroid dienone is 14. The van der Waals surface area contributed by atoms with Gasteiger partial charge in [-0.3, -0.25) is 14.4 Å². The van der Waals surface area contributed by atoms with Crippen molar-refractivity contribution in [2.45, 2.75) is 316 Å². The Labute approximate surface area is 458 Å². The minimum absolute atomic E-state index is 0.0804. The number of carbonyl (C=O) groups is 3. The number of esters is 3. The molecule has 0 radical (unpaired) electrons. The second kappa shape index (κ2) is 62.1. The Morgan fingerprint density at radius 1 is 0.284 bits per heavy atom. The summed E-state index contributed by atoms with van der Waals surface area (Å²) < 4.78 is 16.8. The molecule has 0 fully saturated rings. The summed E-state index contributed by atoms with van der Waals surface area (Å²) >= 11 is 0. The van der Waals surface area contributed by atoms with Crippen LogP contribution in [0, 0.1) is 0 Å². The summed E-state index contributed by atoms with van der Waals surface area (Å²) in [4.78, 5) is 38.0. The molecule has 0 heterocycles. The lowest BCUT2D eigenvalue weighted by Gasteiger charge is -2.18. The maximum atomic E-state index is 12.8. The van der Waals surface area contributed by atoms with Gasteiger partial charge < -0.3 is 14.2 Å². The minimum Gasteiger partial charge on any atom is -0.462 e. The number of carbonyl (C=O) groups excluding carboxylic acids is 3. The average Bonchev–Trinajstić information content (AvgIpc) is 3.40. The lowest BCUT2D eigenvalue weighted by Crippen LogP contribution is -2.30. The molecule has 6 heteroatoms. The maximum Gasteiger partial charge on any atom is 0.306 e. The summed E-state index contributed by atoms with van der Waals surface area (Å²) in [6, 6.07) is 0. The normalized spacial score (nSPS) is 12.6. The van der Waals surface area contributed by atoms with Gasteiger partial charge >= 0.3 is 17.9 Å². The standard InChI is InChI=1S/C68H118O6/c1-4-7-10-13-16-18-20-22-24-26-28-29-30-31-32-33-34-35-36-37-38-39-41-42-44-46-48-50-52-55-58-61-67(70)73-64-65(63-72-66(69)60-57-54-15-12-9-6-3)74-68(71)62-59-56-53-51-49-47-45-43-40-27-25-23-21-19-17-14-11-8-5-2/h8,11,17,19-20,22-23,25-26,28,30-31,40,43,65H,4-7,9-10,12-16,18,21,24,27,29,32-39,41-42,44-64H2,1-3H3/b11-8-,19-17-,22-20-,25-23-,28-26-,31-30-,43-40-. The first-order valence-electron chi connectivity index (χ1n) is 31.6. The van der Waals surface area contributed by atoms with Crippen LogP contribution in [0.2, 0.25) is 0 Å². The van der Waals surface area contributed by atoms with Crippen molar-refractivity contribution in [1.29, 1.82) is 0 Å². The van der Waals surface area contributed by atoms with E-state index < -0.39 is 6.10 Å². The van der Waals surface area contributed by atoms with Crippen molar-refractivity contribution in [3.63, 3.8) is 0 Å². The van der Waals surface area contributed by atoms with E-state index in [0.717, 1.165) is 109 Å². The van der Waals surface area contributed by atoms with Gasteiger partial charge in [-0.25, -0.2) is 0 Å². The van der Waals surface area contributed by atoms with Crippen LogP contribution in [0.1, 0.15) is 310 Å². The van der Waals surface area contributed by atoms with Crippen molar-refractivity contribution >= 4 is 17.9 Å². The second-order valence-corrected chi connectivity index (χ2v) is 20.9. The van der Waals surface area contributed by atoms with Crippen LogP contribution in [-0.2, 0) is 28.6 Å². The zero-order chi connectivity index (χ0) is 53.6. The van der Waals surface area contributed by atoms with Gasteiger partial charge in [-0.15, -0.1) is 0 Å². The van der Waals surface area contributed by atoms with Gasteiger partial charge in [0.2, 0.25) is 0 Å². The first-order valence-corrected chi connectivity index (χ1v) is 31.6. The summed E-state index contributed by atoms with van der Waals surface area (Å²) in [5.41, 5.74) is 0. The maximum absolute atomic E-state index is 12.8. The highest BCUT2D eigenvalue weighted by molar-refractivity contribution is 5.71. The Kier molecular flexibility index (Phi) is 59.3. The van der Waals surface area contributed by atoms with Crippen molar-refractivity contribution in [2.75, 3.05) is 13.2 Å². The van der Waals surface area contributed by atoms with Crippen LogP contribution in [0.5, 0.6) is 0 Å². The molecule has 0 aromatic rings. The number of unbranched alkanes of at least 4 members (excludes halogenated alkanes) is 32. The van der Waals surface area contributed by atoms with Crippen molar-refractivity contribution in [1.82, 2.24) is 0 Å². The monoisotopic (exact) mass is 1030 g/mol. The quantitative estimate of drug-likeness (QED) is 0.0261. The van der Waals surface area contributed by atoms with Gasteiger partial charge in [0.25, 0.3) is 0 Å². The van der Waals surface area contributed by atoms with E-state index in [1.165, 1.54) is 161 Å². The predicted molar refractivity (Wildman–Crippen MR) is 321 cm³/mol. The molecule has 0 aliphatic heterocycles. The fraction of sp³-hybridized carbons (Fsp3) is 0.750. The van der Waals surface area contributed by atoms with Gasteiger partial charge in [0.1, 0.15) is 13.2 Å². The fourth-order valence-corrected chi connectivity index (χ4v) is 8.91. The van der Waals surface area contributed by atoms with E-state index in [9.17, 15) is 14.4 Å². The van der Waals surface area contributed by atoms with Gasteiger partial charge in [0.15, 0.2) is 6.10 Å². The molecular weight excluding hydrogens is 913 g/mol. The third-order valence-electron chi connectivity index (χ3n) is 13.6. The van der Waals surface area contributed by atoms with Crippen molar-refractivity contribution in [3.05, 3.63) is 85.1 Å². The zero-order valence-corrected chi connectivity index (χ0v) is 48.8. The Morgan fingerprint density at radius 2 is 0.527 bits per heavy atom. The molecule has 74 heavy (non-hydrogen) atoms. The summed E-state index contributed by atoms with van der Waals surface area (Å²) in [6.45, 7) is 6.46. The fourth-order valence-electron chi connectivity index (χ4n) is 8.91. The summed E-state index contributed by atoms with van der Waals surface area (Å²) in [7, 11) is 0. The average molecular weight is 1030 g/mol. The first kappa shape index (κ1) is 70.6. The third kappa shape index (κ3) is 59.5. The molecule has 0 spiro atoms. The van der Waals surface area contributed by atoms with Gasteiger partial charge in [-0.1, -0.05) is 279 Å². The smallest absolute Gasteiger partial charge is 0.306 e. The summed E-state index contributed by atoms with van der Waals surface area (Å²) in [6.07, 6.45) is 82.0. The largest absolute Gasteiger partial charge is 0.462 e. The highest BCUT2D eigenvalue weighted by Crippen LogP contribution is 2.16. The SMILES string of the molecule is CC/C=C\C/C=C\C/C=C\C/C=C\CCCCCCCCC(=O)OC(COC(=O)CCCCCCCC)COC(=O)CCCCCCCCCCCCCCCCCC/C=C\C/C=C\C/C=C\CCCCCCC. The van der Waals surface area contributed by atoms with Gasteiger partial charge in [0, 0.05) is 19.3 Å². The van der Waals surface area contributed by atoms with E-state index in [1.54, 1.807) is 0 Å². The molecule has 0 aliphatic carbocycles. The minimum atomic E-state index is -0.781. The number of rotatable bonds is 57. The molecule has 0 bridgehead atoms. The third-order valence-corrected chi connectivity index (χ3v) is 13.6. The highest BCUT2D eigenvalue weighted by atomic mass is 16.6. The molecule has 0 saturated heterocycles. The first-order chi connectivity index (χ1) is 36.5. The van der Waals surface area contributed by atoms with E-state index in [2.05, 4.69) is 106 Å². The number of ether oxygens (including phenoxy) is 3. The van der Waals surface area contributed by atoms with Crippen LogP contribution in [0.25, 0.3) is 0 Å². The van der Waals surface area contributed by atoms with Crippen molar-refractivity contribution in [3.8, 4) is 0 Å². The van der Waals surface area contributed by atoms with Crippen LogP contribution in [0.15, 0.2) is 85.1 Å². The molecule has 0 amide bonds. The Morgan fingerprint density at radius 3 is 0.824 bits per heavy atom. The van der Waals surface area contributed by atoms with Gasteiger partial charge in [-0.05, 0) is 96.3 Å². The van der Waals surface area contributed by atoms with Crippen LogP contribution in [0.4, 0.5) is 0 Å². The molecule has 426 valence electrons. The zero-order valence-electron chi connectivity index (χ0n) is 48.8. The molecular formula is C68H118O6. The van der Waals surface area contributed by atoms with E-state index >= 15 is 0 Å².